The second kappa shape index (κ2) is 44.0. The topological polar surface area (TPSA) is 549 Å². The number of anilines is 2. The SMILES string of the molecule is C.C.C.C.C[C@@H]1C(COP(=O)(O)OP(=O)(O)OCC2OC(Oc3ccc([N+](=O)[O-])cc3)[C@H](C)[C@@H]2O[Si](C)(C)C(C)(C)C)O[C@@H](n2cnc3c(N)ncnc32)[C@@H]1O[Si](C)(C)C(C)(C)C.C[C@H]1C(Oc2ccc([N+](=O)[O-])cc2)OC(COP(=O)([O-])O)[C@H]1O[Si](C)(C)C(C)(C)C.C[C@H]1[C@@H](O[Si](C)(C)C(C)(C)C)[C@H](n2cnc3c(N)ncnc32)O[C@@H]1CO[P+](=O)OCCC#N. The number of nitrogen functional groups attached to an aromatic ring is 2. The van der Waals surface area contributed by atoms with Gasteiger partial charge in [0, 0.05) is 52.5 Å². The summed E-state index contributed by atoms with van der Waals surface area (Å²) in [6.45, 7) is 48.1. The summed E-state index contributed by atoms with van der Waals surface area (Å²) in [5, 5.41) is 30.0. The molecule has 4 fully saturated rings. The molecule has 10 rings (SSSR count). The second-order valence-electron chi connectivity index (χ2n) is 36.6. The zero-order chi connectivity index (χ0) is 91.4. The summed E-state index contributed by atoms with van der Waals surface area (Å²) in [6, 6.07) is 12.9. The molecule has 0 radical (unpaired) electrons. The number of ether oxygens (including phenoxy) is 6. The van der Waals surface area contributed by atoms with Crippen molar-refractivity contribution in [3.63, 3.8) is 0 Å². The zero-order valence-corrected chi connectivity index (χ0v) is 80.9. The van der Waals surface area contributed by atoms with Gasteiger partial charge in [0.25, 0.3) is 19.2 Å². The monoisotopic (exact) mass is 1930 g/mol. The van der Waals surface area contributed by atoms with E-state index in [1.807, 2.05) is 51.4 Å². The maximum atomic E-state index is 13.2. The number of benzene rings is 2. The molecule has 712 valence electrons. The van der Waals surface area contributed by atoms with Crippen LogP contribution in [0.2, 0.25) is 72.5 Å². The number of aromatic nitrogens is 8. The number of nitriles is 1. The van der Waals surface area contributed by atoms with E-state index in [1.165, 1.54) is 67.5 Å². The highest BCUT2D eigenvalue weighted by Gasteiger charge is 2.56. The van der Waals surface area contributed by atoms with Crippen LogP contribution >= 0.6 is 31.7 Å². The zero-order valence-electron chi connectivity index (χ0n) is 73.3. The average molecular weight is 1930 g/mol. The molecule has 41 nitrogen and oxygen atoms in total. The van der Waals surface area contributed by atoms with E-state index in [1.54, 1.807) is 10.9 Å². The summed E-state index contributed by atoms with van der Waals surface area (Å²) in [5.74, 6) is -0.139. The van der Waals surface area contributed by atoms with Gasteiger partial charge < -0.3 is 81.7 Å². The highest BCUT2D eigenvalue weighted by atomic mass is 31.3. The summed E-state index contributed by atoms with van der Waals surface area (Å²) in [4.78, 5) is 87.8. The molecule has 4 aromatic heterocycles. The molecular formula is C77H135N13O28P4Si4. The minimum atomic E-state index is -5.28. The van der Waals surface area contributed by atoms with Gasteiger partial charge in [0.05, 0.1) is 91.4 Å². The molecule has 4 aliphatic rings. The van der Waals surface area contributed by atoms with Gasteiger partial charge in [-0.25, -0.2) is 39.0 Å². The fourth-order valence-corrected chi connectivity index (χ4v) is 20.8. The number of hydrogen-bond acceptors (Lipinski definition) is 34. The van der Waals surface area contributed by atoms with Crippen LogP contribution in [-0.4, -0.2) is 191 Å². The minimum absolute atomic E-state index is 0. The summed E-state index contributed by atoms with van der Waals surface area (Å²) < 4.78 is 147. The molecule has 6 aromatic rings. The van der Waals surface area contributed by atoms with E-state index in [0.717, 1.165) is 0 Å². The molecule has 20 atom stereocenters. The van der Waals surface area contributed by atoms with Crippen LogP contribution in [0.4, 0.5) is 23.0 Å². The van der Waals surface area contributed by atoms with Crippen LogP contribution in [0.5, 0.6) is 11.5 Å². The highest BCUT2D eigenvalue weighted by Crippen LogP contribution is 2.61. The molecule has 0 bridgehead atoms. The lowest BCUT2D eigenvalue weighted by Crippen LogP contribution is -2.48. The Balaban J connectivity index is 0.000000423. The van der Waals surface area contributed by atoms with Crippen LogP contribution in [0.15, 0.2) is 73.8 Å². The first kappa shape index (κ1) is 112. The standard InChI is InChI=1S/C35H58N6O14P2Si2.C20H32N6O5PSi.C18H30NO9PSi.4CH4/c1-21-25(51-32(29(21)54-59(11,12)35(6,7)8)40-20-39-27-30(36)37-19-38-31(27)40)17-48-56(44,45)55-57(46,47)49-18-26-28(53-58(9,10)34(3,4)5)22(2)33(52-26)50-24-15-13-23(14-16-24)41(42)43;1-13-14(10-29-32(27)28-9-7-8-21)30-19(16(13)31-33(5,6)20(2,3)4)26-12-25-15-17(22)23-11-24-18(15)26;1-12-16(28-30(5,6)18(2,3)4)15(11-25-29(22,23)24)27-17(12)26-14-9-7-13(8-10-14)19(20)21;;;;/h13-16,19-22,25-26,28-29,32-33H,17-18H2,1-12H3,(H,44,45)(H,46,47)(H2,36,37,38);11-14,16,19H,7,9-10H2,1-6H3,(H2,22,23,24);7-10,12,15-17H,11H2,1-6H3,(H2,22,23,24);4*1H4/q;+1;;;;;/p-1/t21-,22-,25?,26?,28+,29-,32-,33?;13-,14-,16-,19-;12-,15?,16+,17?;;;;/m111..../s1. The first-order valence-electron chi connectivity index (χ1n) is 39.5. The van der Waals surface area contributed by atoms with E-state index in [0.29, 0.717) is 28.1 Å². The van der Waals surface area contributed by atoms with Gasteiger partial charge in [0.2, 0.25) is 12.6 Å². The quantitative estimate of drug-likeness (QED) is 0.00840. The maximum Gasteiger partial charge on any atom is 0.697 e. The Morgan fingerprint density at radius 2 is 0.825 bits per heavy atom. The number of nitrogens with zero attached hydrogens (tertiary/aromatic N) is 11. The van der Waals surface area contributed by atoms with Gasteiger partial charge in [-0.1, -0.05) is 140 Å². The molecule has 0 saturated carbocycles. The molecule has 8 heterocycles. The summed E-state index contributed by atoms with van der Waals surface area (Å²) in [6.07, 6.45) is -2.27. The number of phosphoric ester groups is 3. The molecule has 49 heteroatoms. The molecule has 0 spiro atoms. The minimum Gasteiger partial charge on any atom is -0.756 e. The molecular weight excluding hydrogens is 1790 g/mol. The van der Waals surface area contributed by atoms with Crippen LogP contribution in [0.1, 0.15) is 159 Å². The number of phosphoric acid groups is 3. The van der Waals surface area contributed by atoms with E-state index < -0.39 is 174 Å². The van der Waals surface area contributed by atoms with Gasteiger partial charge in [-0.3, -0.25) is 43.0 Å². The molecule has 0 amide bonds. The van der Waals surface area contributed by atoms with Crippen molar-refractivity contribution in [2.24, 2.45) is 23.7 Å². The number of non-ortho nitro benzene ring substituents is 2. The van der Waals surface area contributed by atoms with Crippen molar-refractivity contribution in [3.05, 3.63) is 94.1 Å². The predicted molar refractivity (Wildman–Crippen MR) is 482 cm³/mol. The average Bonchev–Trinajstić information content (AvgIpc) is 1.20. The number of fused-ring (bicyclic) bond motifs is 2. The molecule has 4 saturated heterocycles. The third-order valence-corrected chi connectivity index (χ3v) is 45.4. The molecule has 2 aromatic carbocycles. The highest BCUT2D eigenvalue weighted by molar-refractivity contribution is 7.61. The first-order chi connectivity index (χ1) is 56.1. The van der Waals surface area contributed by atoms with Gasteiger partial charge in [-0.15, -0.1) is 9.05 Å². The lowest BCUT2D eigenvalue weighted by atomic mass is 10.0. The van der Waals surface area contributed by atoms with Gasteiger partial charge in [-0.05, 0) is 96.8 Å². The Labute approximate surface area is 744 Å². The van der Waals surface area contributed by atoms with Crippen LogP contribution in [0.3, 0.4) is 0 Å². The Kier molecular flexibility index (Phi) is 39.2. The lowest BCUT2D eigenvalue weighted by molar-refractivity contribution is -0.385. The van der Waals surface area contributed by atoms with Gasteiger partial charge >= 0.3 is 23.9 Å². The van der Waals surface area contributed by atoms with Crippen molar-refractivity contribution in [1.29, 1.82) is 5.26 Å². The number of hydrogen-bond donors (Lipinski definition) is 5. The largest absolute Gasteiger partial charge is 0.756 e. The van der Waals surface area contributed by atoms with Crippen molar-refractivity contribution < 1.29 is 121 Å². The maximum absolute atomic E-state index is 13.2. The van der Waals surface area contributed by atoms with Crippen LogP contribution in [0, 0.1) is 55.2 Å². The number of nitro benzene ring substituents is 2. The smallest absolute Gasteiger partial charge is 0.697 e. The lowest BCUT2D eigenvalue weighted by Gasteiger charge is -2.40. The first-order valence-corrected chi connectivity index (χ1v) is 56.8. The van der Waals surface area contributed by atoms with Crippen LogP contribution < -0.4 is 25.8 Å². The van der Waals surface area contributed by atoms with Crippen molar-refractivity contribution in [2.75, 3.05) is 44.5 Å². The summed E-state index contributed by atoms with van der Waals surface area (Å²) >= 11 is 0. The molecule has 9 unspecified atom stereocenters. The normalized spacial score (nSPS) is 25.8. The van der Waals surface area contributed by atoms with E-state index in [2.05, 4.69) is 157 Å². The van der Waals surface area contributed by atoms with E-state index in [-0.39, 0.29) is 116 Å². The third-order valence-electron chi connectivity index (χ3n) is 23.7. The summed E-state index contributed by atoms with van der Waals surface area (Å²) in [7, 11) is -27.1. The fraction of sp³-hybridized carbons (Fsp3) is 0.701. The van der Waals surface area contributed by atoms with Crippen LogP contribution in [0.25, 0.3) is 22.3 Å². The molecule has 0 aliphatic carbocycles. The van der Waals surface area contributed by atoms with Gasteiger partial charge in [0.15, 0.2) is 68.7 Å². The molecule has 126 heavy (non-hydrogen) atoms. The Bertz CT molecular complexity index is 4780. The number of rotatable bonds is 33. The fourth-order valence-electron chi connectivity index (χ4n) is 12.3. The second-order valence-corrected chi connectivity index (χ2v) is 60.8. The number of nitro groups is 2. The summed E-state index contributed by atoms with van der Waals surface area (Å²) in [5.41, 5.74) is 13.6. The third kappa shape index (κ3) is 28.5. The predicted octanol–water partition coefficient (Wildman–Crippen LogP) is 17.0. The molecule has 7 N–H and O–H groups in total. The van der Waals surface area contributed by atoms with Crippen molar-refractivity contribution >= 4 is 110 Å². The Morgan fingerprint density at radius 1 is 0.500 bits per heavy atom. The Hall–Kier alpha value is -6.03. The van der Waals surface area contributed by atoms with Crippen molar-refractivity contribution in [3.8, 4) is 17.6 Å². The van der Waals surface area contributed by atoms with Crippen molar-refractivity contribution in [1.82, 2.24) is 39.0 Å². The molecule has 4 aliphatic heterocycles. The van der Waals surface area contributed by atoms with Gasteiger partial charge in [-0.2, -0.15) is 9.57 Å². The van der Waals surface area contributed by atoms with E-state index in [4.69, 9.17) is 90.2 Å². The number of imidazole rings is 2. The van der Waals surface area contributed by atoms with E-state index in [9.17, 15) is 53.2 Å². The van der Waals surface area contributed by atoms with Crippen LogP contribution in [-0.2, 0) is 81.8 Å². The number of nitrogens with two attached hydrogens (primary N) is 2. The van der Waals surface area contributed by atoms with E-state index >= 15 is 0 Å². The Morgan fingerprint density at radius 3 is 1.15 bits per heavy atom. The van der Waals surface area contributed by atoms with Gasteiger partial charge in [0.1, 0.15) is 60.6 Å². The van der Waals surface area contributed by atoms with Crippen molar-refractivity contribution in [2.45, 2.75) is 293 Å².